The Kier molecular flexibility index (Phi) is 9.74. The molecular formula is C23H26N2O6. The molecule has 0 saturated carbocycles. The van der Waals surface area contributed by atoms with Gasteiger partial charge in [0, 0.05) is 17.8 Å². The van der Waals surface area contributed by atoms with E-state index in [0.29, 0.717) is 23.5 Å². The van der Waals surface area contributed by atoms with Gasteiger partial charge in [-0.2, -0.15) is 0 Å². The van der Waals surface area contributed by atoms with Crippen LogP contribution in [0.4, 0.5) is 11.4 Å². The summed E-state index contributed by atoms with van der Waals surface area (Å²) < 4.78 is 10.0. The van der Waals surface area contributed by atoms with E-state index in [9.17, 15) is 19.2 Å². The number of carbonyl (C=O) groups is 4. The molecule has 2 amide bonds. The number of unbranched alkanes of at least 4 members (excludes halogenated alkanes) is 1. The minimum Gasteiger partial charge on any atom is -0.462 e. The molecule has 0 aliphatic carbocycles. The summed E-state index contributed by atoms with van der Waals surface area (Å²) in [7, 11) is 0. The summed E-state index contributed by atoms with van der Waals surface area (Å²) in [6.45, 7) is 1.90. The molecule has 8 heteroatoms. The Balaban J connectivity index is 1.67. The summed E-state index contributed by atoms with van der Waals surface area (Å²) >= 11 is 0. The summed E-state index contributed by atoms with van der Waals surface area (Å²) in [6.07, 6.45) is 1.55. The van der Waals surface area contributed by atoms with Crippen molar-refractivity contribution < 1.29 is 28.7 Å². The van der Waals surface area contributed by atoms with Crippen LogP contribution >= 0.6 is 0 Å². The third-order valence-electron chi connectivity index (χ3n) is 4.11. The van der Waals surface area contributed by atoms with E-state index in [0.717, 1.165) is 12.8 Å². The van der Waals surface area contributed by atoms with Crippen LogP contribution in [0, 0.1) is 0 Å². The van der Waals surface area contributed by atoms with Gasteiger partial charge in [-0.25, -0.2) is 4.79 Å². The number of nitrogens with one attached hydrogen (secondary N) is 2. The highest BCUT2D eigenvalue weighted by molar-refractivity contribution is 5.95. The van der Waals surface area contributed by atoms with Crippen molar-refractivity contribution in [3.05, 3.63) is 60.2 Å². The van der Waals surface area contributed by atoms with Gasteiger partial charge in [0.2, 0.25) is 5.91 Å². The van der Waals surface area contributed by atoms with Gasteiger partial charge in [-0.1, -0.05) is 31.5 Å². The third kappa shape index (κ3) is 9.12. The fourth-order valence-corrected chi connectivity index (χ4v) is 2.46. The molecule has 0 fully saturated rings. The Bertz CT molecular complexity index is 881. The molecule has 0 heterocycles. The van der Waals surface area contributed by atoms with Crippen molar-refractivity contribution in [1.82, 2.24) is 0 Å². The van der Waals surface area contributed by atoms with Crippen molar-refractivity contribution in [2.75, 3.05) is 23.8 Å². The van der Waals surface area contributed by atoms with Crippen molar-refractivity contribution in [3.8, 4) is 0 Å². The minimum atomic E-state index is -0.650. The Morgan fingerprint density at radius 1 is 0.774 bits per heavy atom. The first-order valence-corrected chi connectivity index (χ1v) is 10.1. The normalized spacial score (nSPS) is 10.1. The lowest BCUT2D eigenvalue weighted by Crippen LogP contribution is -2.21. The number of anilines is 2. The average Bonchev–Trinajstić information content (AvgIpc) is 2.77. The predicted molar refractivity (Wildman–Crippen MR) is 116 cm³/mol. The maximum absolute atomic E-state index is 11.9. The molecule has 2 N–H and O–H groups in total. The van der Waals surface area contributed by atoms with Gasteiger partial charge in [0.1, 0.15) is 0 Å². The van der Waals surface area contributed by atoms with E-state index in [2.05, 4.69) is 10.6 Å². The zero-order valence-electron chi connectivity index (χ0n) is 17.4. The number of rotatable bonds is 11. The molecule has 0 atom stereocenters. The first-order valence-electron chi connectivity index (χ1n) is 10.1. The zero-order chi connectivity index (χ0) is 22.5. The second kappa shape index (κ2) is 12.8. The van der Waals surface area contributed by atoms with Gasteiger partial charge < -0.3 is 20.1 Å². The fraction of sp³-hybridized carbons (Fsp3) is 0.304. The number of hydrogen-bond acceptors (Lipinski definition) is 6. The molecule has 0 unspecified atom stereocenters. The van der Waals surface area contributed by atoms with Crippen LogP contribution < -0.4 is 10.6 Å². The number of carbonyl (C=O) groups excluding carboxylic acids is 4. The smallest absolute Gasteiger partial charge is 0.338 e. The highest BCUT2D eigenvalue weighted by atomic mass is 16.5. The highest BCUT2D eigenvalue weighted by Crippen LogP contribution is 2.11. The van der Waals surface area contributed by atoms with Crippen molar-refractivity contribution >= 4 is 35.1 Å². The second-order valence-electron chi connectivity index (χ2n) is 6.69. The molecular weight excluding hydrogens is 400 g/mol. The quantitative estimate of drug-likeness (QED) is 0.420. The van der Waals surface area contributed by atoms with Crippen molar-refractivity contribution in [3.63, 3.8) is 0 Å². The lowest BCUT2D eigenvalue weighted by molar-refractivity contribution is -0.147. The molecule has 2 aromatic rings. The van der Waals surface area contributed by atoms with Gasteiger partial charge in [0.25, 0.3) is 5.91 Å². The number of ether oxygens (including phenoxy) is 2. The first kappa shape index (κ1) is 23.6. The van der Waals surface area contributed by atoms with E-state index < -0.39 is 24.5 Å². The number of amides is 2. The summed E-state index contributed by atoms with van der Waals surface area (Å²) in [5, 5.41) is 5.23. The van der Waals surface area contributed by atoms with E-state index in [1.165, 1.54) is 0 Å². The van der Waals surface area contributed by atoms with Crippen LogP contribution in [0.3, 0.4) is 0 Å². The van der Waals surface area contributed by atoms with E-state index in [1.54, 1.807) is 48.5 Å². The molecule has 0 bridgehead atoms. The molecule has 0 saturated heterocycles. The number of para-hydroxylation sites is 1. The number of hydrogen-bond donors (Lipinski definition) is 2. The van der Waals surface area contributed by atoms with E-state index in [1.807, 2.05) is 13.0 Å². The van der Waals surface area contributed by atoms with E-state index in [-0.39, 0.29) is 18.7 Å². The molecule has 31 heavy (non-hydrogen) atoms. The van der Waals surface area contributed by atoms with Crippen LogP contribution in [0.2, 0.25) is 0 Å². The number of esters is 2. The first-order chi connectivity index (χ1) is 15.0. The van der Waals surface area contributed by atoms with Gasteiger partial charge in [-0.05, 0) is 42.8 Å². The van der Waals surface area contributed by atoms with Crippen LogP contribution in [0.25, 0.3) is 0 Å². The molecule has 2 rings (SSSR count). The number of benzene rings is 2. The zero-order valence-corrected chi connectivity index (χ0v) is 17.4. The Labute approximate surface area is 180 Å². The highest BCUT2D eigenvalue weighted by Gasteiger charge is 2.12. The molecule has 0 aliphatic heterocycles. The Morgan fingerprint density at radius 2 is 1.42 bits per heavy atom. The second-order valence-corrected chi connectivity index (χ2v) is 6.69. The van der Waals surface area contributed by atoms with E-state index in [4.69, 9.17) is 9.47 Å². The van der Waals surface area contributed by atoms with Crippen molar-refractivity contribution in [2.45, 2.75) is 32.6 Å². The van der Waals surface area contributed by atoms with Crippen LogP contribution in [0.1, 0.15) is 43.0 Å². The van der Waals surface area contributed by atoms with E-state index >= 15 is 0 Å². The van der Waals surface area contributed by atoms with Gasteiger partial charge in [0.05, 0.1) is 18.6 Å². The van der Waals surface area contributed by atoms with Gasteiger partial charge in [0.15, 0.2) is 6.61 Å². The van der Waals surface area contributed by atoms with Gasteiger partial charge in [-0.3, -0.25) is 14.4 Å². The predicted octanol–water partition coefficient (Wildman–Crippen LogP) is 3.54. The Hall–Kier alpha value is -3.68. The average molecular weight is 426 g/mol. The Morgan fingerprint density at radius 3 is 2.10 bits per heavy atom. The minimum absolute atomic E-state index is 0.0504. The largest absolute Gasteiger partial charge is 0.462 e. The maximum Gasteiger partial charge on any atom is 0.338 e. The summed E-state index contributed by atoms with van der Waals surface area (Å²) in [5.74, 6) is -1.92. The third-order valence-corrected chi connectivity index (χ3v) is 4.11. The van der Waals surface area contributed by atoms with Gasteiger partial charge in [-0.15, -0.1) is 0 Å². The monoisotopic (exact) mass is 426 g/mol. The summed E-state index contributed by atoms with van der Waals surface area (Å²) in [6, 6.07) is 15.1. The van der Waals surface area contributed by atoms with Crippen molar-refractivity contribution in [1.29, 1.82) is 0 Å². The molecule has 0 aliphatic rings. The lowest BCUT2D eigenvalue weighted by atomic mass is 10.2. The molecule has 0 spiro atoms. The maximum atomic E-state index is 11.9. The summed E-state index contributed by atoms with van der Waals surface area (Å²) in [4.78, 5) is 47.3. The fourth-order valence-electron chi connectivity index (χ4n) is 2.46. The molecule has 0 aromatic heterocycles. The van der Waals surface area contributed by atoms with Crippen molar-refractivity contribution in [2.24, 2.45) is 0 Å². The lowest BCUT2D eigenvalue weighted by Gasteiger charge is -2.08. The molecule has 2 aromatic carbocycles. The SMILES string of the molecule is CCCCOC(=O)c1ccc(NC(=O)COC(=O)CCC(=O)Nc2ccccc2)cc1. The van der Waals surface area contributed by atoms with Crippen LogP contribution in [-0.4, -0.2) is 37.0 Å². The molecule has 0 radical (unpaired) electrons. The van der Waals surface area contributed by atoms with Crippen LogP contribution in [0.5, 0.6) is 0 Å². The standard InChI is InChI=1S/C23H26N2O6/c1-2-3-15-30-23(29)17-9-11-19(12-10-17)25-21(27)16-31-22(28)14-13-20(26)24-18-7-5-4-6-8-18/h4-12H,2-3,13-16H2,1H3,(H,24,26)(H,25,27). The molecule has 8 nitrogen and oxygen atoms in total. The van der Waals surface area contributed by atoms with Gasteiger partial charge >= 0.3 is 11.9 Å². The topological polar surface area (TPSA) is 111 Å². The van der Waals surface area contributed by atoms with Crippen LogP contribution in [0.15, 0.2) is 54.6 Å². The summed E-state index contributed by atoms with van der Waals surface area (Å²) in [5.41, 5.74) is 1.48. The van der Waals surface area contributed by atoms with Crippen LogP contribution in [-0.2, 0) is 23.9 Å². The molecule has 164 valence electrons.